The van der Waals surface area contributed by atoms with Gasteiger partial charge in [-0.2, -0.15) is 0 Å². The van der Waals surface area contributed by atoms with Crippen LogP contribution in [-0.4, -0.2) is 12.5 Å². The third-order valence-corrected chi connectivity index (χ3v) is 3.71. The smallest absolute Gasteiger partial charge is 0.228 e. The lowest BCUT2D eigenvalue weighted by molar-refractivity contribution is -0.115. The van der Waals surface area contributed by atoms with Gasteiger partial charge in [0.2, 0.25) is 5.91 Å². The molecule has 0 spiro atoms. The summed E-state index contributed by atoms with van der Waals surface area (Å²) >= 11 is 0. The van der Waals surface area contributed by atoms with Gasteiger partial charge in [-0.25, -0.2) is 0 Å². The summed E-state index contributed by atoms with van der Waals surface area (Å²) < 4.78 is 5.68. The molecule has 0 aliphatic heterocycles. The highest BCUT2D eigenvalue weighted by Gasteiger charge is 2.06. The zero-order valence-electron chi connectivity index (χ0n) is 14.1. The van der Waals surface area contributed by atoms with E-state index in [1.54, 1.807) is 0 Å². The van der Waals surface area contributed by atoms with Gasteiger partial charge in [-0.3, -0.25) is 4.79 Å². The minimum Gasteiger partial charge on any atom is -0.494 e. The molecule has 0 aliphatic rings. The van der Waals surface area contributed by atoms with Crippen LogP contribution in [-0.2, 0) is 11.2 Å². The van der Waals surface area contributed by atoms with Crippen LogP contribution in [0.3, 0.4) is 0 Å². The van der Waals surface area contributed by atoms with Crippen molar-refractivity contribution in [2.24, 2.45) is 5.92 Å². The van der Waals surface area contributed by atoms with E-state index in [1.807, 2.05) is 55.5 Å². The normalized spacial score (nSPS) is 10.6. The lowest BCUT2D eigenvalue weighted by Crippen LogP contribution is -2.14. The summed E-state index contributed by atoms with van der Waals surface area (Å²) in [5.41, 5.74) is 2.98. The minimum absolute atomic E-state index is 0.00669. The average molecular weight is 311 g/mol. The number of hydrogen-bond acceptors (Lipinski definition) is 2. The third kappa shape index (κ3) is 5.78. The van der Waals surface area contributed by atoms with Crippen molar-refractivity contribution in [1.29, 1.82) is 0 Å². The van der Waals surface area contributed by atoms with Crippen LogP contribution in [0.15, 0.2) is 48.5 Å². The zero-order chi connectivity index (χ0) is 16.7. The largest absolute Gasteiger partial charge is 0.494 e. The number of aryl methyl sites for hydroxylation is 1. The first kappa shape index (κ1) is 17.1. The van der Waals surface area contributed by atoms with Crippen LogP contribution in [0.2, 0.25) is 0 Å². The Labute approximate surface area is 138 Å². The summed E-state index contributed by atoms with van der Waals surface area (Å²) in [6, 6.07) is 15.5. The number of rotatable bonds is 7. The quantitative estimate of drug-likeness (QED) is 0.811. The Morgan fingerprint density at radius 2 is 1.78 bits per heavy atom. The van der Waals surface area contributed by atoms with E-state index < -0.39 is 0 Å². The van der Waals surface area contributed by atoms with E-state index in [0.717, 1.165) is 35.6 Å². The number of ether oxygens (including phenoxy) is 1. The first-order valence-electron chi connectivity index (χ1n) is 8.12. The van der Waals surface area contributed by atoms with Crippen molar-refractivity contribution in [1.82, 2.24) is 0 Å². The van der Waals surface area contributed by atoms with Gasteiger partial charge in [-0.15, -0.1) is 0 Å². The fraction of sp³-hybridized carbons (Fsp3) is 0.350. The summed E-state index contributed by atoms with van der Waals surface area (Å²) in [6.07, 6.45) is 1.42. The van der Waals surface area contributed by atoms with Crippen LogP contribution >= 0.6 is 0 Å². The van der Waals surface area contributed by atoms with Crippen molar-refractivity contribution in [3.8, 4) is 5.75 Å². The Bertz CT molecular complexity index is 632. The Hall–Kier alpha value is -2.29. The molecule has 2 aromatic rings. The standard InChI is InChI=1S/C20H25NO2/c1-15(2)12-13-23-19-10-8-18(9-11-19)21-20(22)14-17-7-5-4-6-16(17)3/h4-11,15H,12-14H2,1-3H3,(H,21,22). The fourth-order valence-electron chi connectivity index (χ4n) is 2.23. The van der Waals surface area contributed by atoms with Crippen molar-refractivity contribution in [3.63, 3.8) is 0 Å². The summed E-state index contributed by atoms with van der Waals surface area (Å²) in [6.45, 7) is 7.09. The average Bonchev–Trinajstić information content (AvgIpc) is 2.51. The summed E-state index contributed by atoms with van der Waals surface area (Å²) in [7, 11) is 0. The second kappa shape index (κ2) is 8.37. The van der Waals surface area contributed by atoms with Gasteiger partial charge < -0.3 is 10.1 Å². The Balaban J connectivity index is 1.85. The molecule has 2 rings (SSSR count). The van der Waals surface area contributed by atoms with E-state index in [4.69, 9.17) is 4.74 Å². The van der Waals surface area contributed by atoms with Gasteiger partial charge in [-0.05, 0) is 54.7 Å². The number of carbonyl (C=O) groups is 1. The van der Waals surface area contributed by atoms with Crippen molar-refractivity contribution in [2.45, 2.75) is 33.6 Å². The molecule has 1 amide bonds. The molecule has 0 bridgehead atoms. The van der Waals surface area contributed by atoms with Crippen LogP contribution in [0.25, 0.3) is 0 Å². The van der Waals surface area contributed by atoms with E-state index in [2.05, 4.69) is 19.2 Å². The minimum atomic E-state index is -0.00669. The number of amides is 1. The number of nitrogens with one attached hydrogen (secondary N) is 1. The van der Waals surface area contributed by atoms with E-state index in [1.165, 1.54) is 0 Å². The molecule has 3 nitrogen and oxygen atoms in total. The number of carbonyl (C=O) groups excluding carboxylic acids is 1. The number of anilines is 1. The fourth-order valence-corrected chi connectivity index (χ4v) is 2.23. The van der Waals surface area contributed by atoms with Crippen molar-refractivity contribution >= 4 is 11.6 Å². The highest BCUT2D eigenvalue weighted by molar-refractivity contribution is 5.92. The maximum Gasteiger partial charge on any atom is 0.228 e. The molecule has 122 valence electrons. The molecule has 2 aromatic carbocycles. The third-order valence-electron chi connectivity index (χ3n) is 3.71. The monoisotopic (exact) mass is 311 g/mol. The van der Waals surface area contributed by atoms with E-state index in [-0.39, 0.29) is 5.91 Å². The predicted octanol–water partition coefficient (Wildman–Crippen LogP) is 4.60. The van der Waals surface area contributed by atoms with Gasteiger partial charge >= 0.3 is 0 Å². The lowest BCUT2D eigenvalue weighted by Gasteiger charge is -2.10. The Morgan fingerprint density at radius 1 is 1.09 bits per heavy atom. The molecule has 0 saturated heterocycles. The Kier molecular flexibility index (Phi) is 6.21. The topological polar surface area (TPSA) is 38.3 Å². The molecule has 0 radical (unpaired) electrons. The first-order valence-corrected chi connectivity index (χ1v) is 8.12. The van der Waals surface area contributed by atoms with Gasteiger partial charge in [-0.1, -0.05) is 38.1 Å². The SMILES string of the molecule is Cc1ccccc1CC(=O)Nc1ccc(OCCC(C)C)cc1. The molecule has 0 atom stereocenters. The Morgan fingerprint density at radius 3 is 2.43 bits per heavy atom. The van der Waals surface area contributed by atoms with Gasteiger partial charge in [0.1, 0.15) is 5.75 Å². The van der Waals surface area contributed by atoms with Crippen LogP contribution in [0.1, 0.15) is 31.4 Å². The molecule has 0 heterocycles. The molecule has 3 heteroatoms. The number of hydrogen-bond donors (Lipinski definition) is 1. The summed E-state index contributed by atoms with van der Waals surface area (Å²) in [5.74, 6) is 1.46. The molecular formula is C20H25NO2. The molecule has 1 N–H and O–H groups in total. The zero-order valence-corrected chi connectivity index (χ0v) is 14.1. The van der Waals surface area contributed by atoms with Gasteiger partial charge in [0.25, 0.3) is 0 Å². The molecule has 0 aromatic heterocycles. The summed E-state index contributed by atoms with van der Waals surface area (Å²) in [4.78, 5) is 12.1. The highest BCUT2D eigenvalue weighted by atomic mass is 16.5. The van der Waals surface area contributed by atoms with E-state index >= 15 is 0 Å². The molecule has 0 aliphatic carbocycles. The van der Waals surface area contributed by atoms with Crippen molar-refractivity contribution in [2.75, 3.05) is 11.9 Å². The van der Waals surface area contributed by atoms with Crippen LogP contribution in [0, 0.1) is 12.8 Å². The highest BCUT2D eigenvalue weighted by Crippen LogP contribution is 2.17. The predicted molar refractivity (Wildman–Crippen MR) is 94.9 cm³/mol. The second-order valence-electron chi connectivity index (χ2n) is 6.21. The molecular weight excluding hydrogens is 286 g/mol. The van der Waals surface area contributed by atoms with Crippen molar-refractivity contribution < 1.29 is 9.53 Å². The number of benzene rings is 2. The van der Waals surface area contributed by atoms with Gasteiger partial charge in [0.05, 0.1) is 13.0 Å². The molecule has 0 fully saturated rings. The lowest BCUT2D eigenvalue weighted by atomic mass is 10.1. The molecule has 23 heavy (non-hydrogen) atoms. The van der Waals surface area contributed by atoms with Crippen LogP contribution in [0.4, 0.5) is 5.69 Å². The molecule has 0 unspecified atom stereocenters. The van der Waals surface area contributed by atoms with Gasteiger partial charge in [0.15, 0.2) is 0 Å². The molecule has 0 saturated carbocycles. The van der Waals surface area contributed by atoms with Crippen LogP contribution < -0.4 is 10.1 Å². The first-order chi connectivity index (χ1) is 11.0. The van der Waals surface area contributed by atoms with E-state index in [0.29, 0.717) is 12.3 Å². The van der Waals surface area contributed by atoms with Crippen molar-refractivity contribution in [3.05, 3.63) is 59.7 Å². The summed E-state index contributed by atoms with van der Waals surface area (Å²) in [5, 5.41) is 2.92. The van der Waals surface area contributed by atoms with Gasteiger partial charge in [0, 0.05) is 5.69 Å². The second-order valence-corrected chi connectivity index (χ2v) is 6.21. The maximum absolute atomic E-state index is 12.1. The van der Waals surface area contributed by atoms with Crippen LogP contribution in [0.5, 0.6) is 5.75 Å². The van der Waals surface area contributed by atoms with E-state index in [9.17, 15) is 4.79 Å². The maximum atomic E-state index is 12.1.